The van der Waals surface area contributed by atoms with E-state index in [9.17, 15) is 13.2 Å². The minimum Gasteiger partial charge on any atom is -0.480 e. The summed E-state index contributed by atoms with van der Waals surface area (Å²) < 4.78 is 27.4. The first-order valence-corrected chi connectivity index (χ1v) is 6.73. The van der Waals surface area contributed by atoms with Crippen LogP contribution in [0.4, 0.5) is 0 Å². The van der Waals surface area contributed by atoms with Gasteiger partial charge in [-0.15, -0.1) is 0 Å². The van der Waals surface area contributed by atoms with Crippen molar-refractivity contribution in [2.45, 2.75) is 25.3 Å². The maximum absolute atomic E-state index is 12.0. The van der Waals surface area contributed by atoms with Crippen LogP contribution in [0.3, 0.4) is 0 Å². The Bertz CT molecular complexity index is 549. The van der Waals surface area contributed by atoms with E-state index in [1.54, 1.807) is 0 Å². The molecule has 0 unspecified atom stereocenters. The van der Waals surface area contributed by atoms with Gasteiger partial charge in [0, 0.05) is 13.1 Å². The smallest absolute Gasteiger partial charge is 0.325 e. The molecule has 0 spiro atoms. The normalized spacial score (nSPS) is 11.7. The van der Waals surface area contributed by atoms with E-state index in [-0.39, 0.29) is 30.2 Å². The number of carboxylic acids is 1. The molecule has 102 valence electrons. The molecule has 0 saturated carbocycles. The molecule has 0 amide bonds. The Hall–Kier alpha value is -1.45. The number of carbonyl (C=O) groups is 1. The van der Waals surface area contributed by atoms with Crippen LogP contribution in [0.15, 0.2) is 4.90 Å². The van der Waals surface area contributed by atoms with Gasteiger partial charge in [-0.3, -0.25) is 9.48 Å². The Morgan fingerprint density at radius 3 is 2.61 bits per heavy atom. The summed E-state index contributed by atoms with van der Waals surface area (Å²) in [5.41, 5.74) is 5.79. The molecule has 0 saturated heterocycles. The van der Waals surface area contributed by atoms with Gasteiger partial charge in [0.1, 0.15) is 11.4 Å². The molecule has 4 N–H and O–H groups in total. The summed E-state index contributed by atoms with van der Waals surface area (Å²) in [5.74, 6) is -1.08. The van der Waals surface area contributed by atoms with Crippen molar-refractivity contribution in [2.75, 3.05) is 13.1 Å². The van der Waals surface area contributed by atoms with Gasteiger partial charge in [-0.25, -0.2) is 13.1 Å². The highest BCUT2D eigenvalue weighted by Gasteiger charge is 2.24. The molecule has 18 heavy (non-hydrogen) atoms. The van der Waals surface area contributed by atoms with Crippen LogP contribution in [0, 0.1) is 13.8 Å². The molecular weight excluding hydrogens is 260 g/mol. The van der Waals surface area contributed by atoms with Crippen LogP contribution in [0.1, 0.15) is 11.4 Å². The van der Waals surface area contributed by atoms with Crippen molar-refractivity contribution >= 4 is 16.0 Å². The monoisotopic (exact) mass is 276 g/mol. The van der Waals surface area contributed by atoms with E-state index in [4.69, 9.17) is 10.8 Å². The highest BCUT2D eigenvalue weighted by Crippen LogP contribution is 2.18. The number of carboxylic acid groups (broad SMARTS) is 1. The second kappa shape index (κ2) is 5.46. The number of hydrogen-bond donors (Lipinski definition) is 3. The van der Waals surface area contributed by atoms with Crippen LogP contribution in [-0.2, 0) is 21.4 Å². The number of aliphatic carboxylic acids is 1. The fourth-order valence-corrected chi connectivity index (χ4v) is 3.07. The Balaban J connectivity index is 3.17. The van der Waals surface area contributed by atoms with Crippen molar-refractivity contribution in [3.8, 4) is 0 Å². The second-order valence-corrected chi connectivity index (χ2v) is 5.44. The van der Waals surface area contributed by atoms with Crippen LogP contribution in [-0.4, -0.2) is 42.4 Å². The number of rotatable bonds is 6. The molecule has 8 nitrogen and oxygen atoms in total. The van der Waals surface area contributed by atoms with Crippen molar-refractivity contribution in [3.63, 3.8) is 0 Å². The largest absolute Gasteiger partial charge is 0.480 e. The molecule has 0 radical (unpaired) electrons. The SMILES string of the molecule is Cc1nn(CC(=O)O)c(C)c1S(=O)(=O)NCCN. The maximum Gasteiger partial charge on any atom is 0.325 e. The molecule has 0 bridgehead atoms. The highest BCUT2D eigenvalue weighted by atomic mass is 32.2. The summed E-state index contributed by atoms with van der Waals surface area (Å²) >= 11 is 0. The molecule has 0 aliphatic rings. The number of nitrogens with zero attached hydrogens (tertiary/aromatic N) is 2. The van der Waals surface area contributed by atoms with Gasteiger partial charge in [-0.1, -0.05) is 0 Å². The predicted octanol–water partition coefficient (Wildman–Crippen LogP) is -1.18. The van der Waals surface area contributed by atoms with Crippen molar-refractivity contribution in [1.82, 2.24) is 14.5 Å². The second-order valence-electron chi connectivity index (χ2n) is 3.74. The van der Waals surface area contributed by atoms with Crippen molar-refractivity contribution in [1.29, 1.82) is 0 Å². The molecule has 9 heteroatoms. The predicted molar refractivity (Wildman–Crippen MR) is 63.6 cm³/mol. The number of nitrogens with two attached hydrogens (primary N) is 1. The molecule has 0 aliphatic carbocycles. The lowest BCUT2D eigenvalue weighted by Gasteiger charge is -2.06. The summed E-state index contributed by atoms with van der Waals surface area (Å²) in [5, 5.41) is 12.6. The minimum atomic E-state index is -3.70. The van der Waals surface area contributed by atoms with Crippen molar-refractivity contribution in [2.24, 2.45) is 5.73 Å². The average Bonchev–Trinajstić information content (AvgIpc) is 2.51. The van der Waals surface area contributed by atoms with E-state index in [1.165, 1.54) is 13.8 Å². The summed E-state index contributed by atoms with van der Waals surface area (Å²) in [6, 6.07) is 0. The summed E-state index contributed by atoms with van der Waals surface area (Å²) in [6.07, 6.45) is 0. The van der Waals surface area contributed by atoms with Crippen LogP contribution in [0.2, 0.25) is 0 Å². The third-order valence-corrected chi connectivity index (χ3v) is 4.02. The average molecular weight is 276 g/mol. The van der Waals surface area contributed by atoms with E-state index in [0.29, 0.717) is 5.69 Å². The van der Waals surface area contributed by atoms with Gasteiger partial charge in [0.25, 0.3) is 0 Å². The van der Waals surface area contributed by atoms with Gasteiger partial charge in [-0.2, -0.15) is 5.10 Å². The van der Waals surface area contributed by atoms with E-state index < -0.39 is 16.0 Å². The van der Waals surface area contributed by atoms with Crippen LogP contribution >= 0.6 is 0 Å². The number of sulfonamides is 1. The lowest BCUT2D eigenvalue weighted by molar-refractivity contribution is -0.137. The first-order valence-electron chi connectivity index (χ1n) is 5.25. The van der Waals surface area contributed by atoms with E-state index in [1.807, 2.05) is 0 Å². The van der Waals surface area contributed by atoms with Crippen LogP contribution < -0.4 is 10.5 Å². The standard InChI is InChI=1S/C9H16N4O4S/c1-6-9(18(16,17)11-4-3-10)7(2)13(12-6)5-8(14)15/h11H,3-5,10H2,1-2H3,(H,14,15). The molecule has 1 heterocycles. The zero-order valence-corrected chi connectivity index (χ0v) is 11.0. The zero-order chi connectivity index (χ0) is 13.9. The zero-order valence-electron chi connectivity index (χ0n) is 10.2. The topological polar surface area (TPSA) is 127 Å². The van der Waals surface area contributed by atoms with E-state index in [0.717, 1.165) is 4.68 Å². The number of aromatic nitrogens is 2. The number of hydrogen-bond acceptors (Lipinski definition) is 5. The Kier molecular flexibility index (Phi) is 4.43. The van der Waals surface area contributed by atoms with Gasteiger partial charge in [-0.05, 0) is 13.8 Å². The van der Waals surface area contributed by atoms with Crippen molar-refractivity contribution in [3.05, 3.63) is 11.4 Å². The summed E-state index contributed by atoms with van der Waals surface area (Å²) in [6.45, 7) is 2.95. The maximum atomic E-state index is 12.0. The Morgan fingerprint density at radius 2 is 2.11 bits per heavy atom. The first kappa shape index (κ1) is 14.6. The van der Waals surface area contributed by atoms with Crippen molar-refractivity contribution < 1.29 is 18.3 Å². The van der Waals surface area contributed by atoms with Crippen LogP contribution in [0.25, 0.3) is 0 Å². The van der Waals surface area contributed by atoms with E-state index >= 15 is 0 Å². The number of aryl methyl sites for hydroxylation is 1. The first-order chi connectivity index (χ1) is 8.29. The highest BCUT2D eigenvalue weighted by molar-refractivity contribution is 7.89. The summed E-state index contributed by atoms with van der Waals surface area (Å²) in [7, 11) is -3.70. The van der Waals surface area contributed by atoms with Gasteiger partial charge in [0.15, 0.2) is 0 Å². The van der Waals surface area contributed by atoms with E-state index in [2.05, 4.69) is 9.82 Å². The molecule has 0 aliphatic heterocycles. The molecule has 1 aromatic rings. The van der Waals surface area contributed by atoms with Gasteiger partial charge < -0.3 is 10.8 Å². The minimum absolute atomic E-state index is 0.0113. The lowest BCUT2D eigenvalue weighted by atomic mass is 10.4. The lowest BCUT2D eigenvalue weighted by Crippen LogP contribution is -2.30. The molecular formula is C9H16N4O4S. The molecule has 0 atom stereocenters. The summed E-state index contributed by atoms with van der Waals surface area (Å²) in [4.78, 5) is 10.6. The number of nitrogens with one attached hydrogen (secondary N) is 1. The third kappa shape index (κ3) is 3.06. The Morgan fingerprint density at radius 1 is 1.50 bits per heavy atom. The third-order valence-electron chi connectivity index (χ3n) is 2.31. The quantitative estimate of drug-likeness (QED) is 0.600. The van der Waals surface area contributed by atoms with Gasteiger partial charge >= 0.3 is 5.97 Å². The van der Waals surface area contributed by atoms with Gasteiger partial charge in [0.05, 0.1) is 11.4 Å². The van der Waals surface area contributed by atoms with Gasteiger partial charge in [0.2, 0.25) is 10.0 Å². The molecule has 1 rings (SSSR count). The van der Waals surface area contributed by atoms with Crippen LogP contribution in [0.5, 0.6) is 0 Å². The fraction of sp³-hybridized carbons (Fsp3) is 0.556. The Labute approximate surface area is 105 Å². The molecule has 1 aromatic heterocycles. The fourth-order valence-electron chi connectivity index (χ4n) is 1.62. The molecule has 0 fully saturated rings. The molecule has 0 aromatic carbocycles.